The molecule has 0 spiro atoms. The van der Waals surface area contributed by atoms with Crippen molar-refractivity contribution >= 4 is 38.5 Å². The summed E-state index contributed by atoms with van der Waals surface area (Å²) < 4.78 is 4.46. The van der Waals surface area contributed by atoms with Gasteiger partial charge in [-0.05, 0) is 68.9 Å². The van der Waals surface area contributed by atoms with Crippen LogP contribution in [0.1, 0.15) is 0 Å². The number of hydrogen-bond donors (Lipinski definition) is 0. The van der Waals surface area contributed by atoms with Gasteiger partial charge in [-0.15, -0.1) is 0 Å². The van der Waals surface area contributed by atoms with Crippen molar-refractivity contribution in [3.8, 4) is 5.69 Å². The van der Waals surface area contributed by atoms with Gasteiger partial charge in [0.25, 0.3) is 0 Å². The minimum atomic E-state index is 1.14. The summed E-state index contributed by atoms with van der Waals surface area (Å²) in [7, 11) is 0. The van der Waals surface area contributed by atoms with E-state index >= 15 is 0 Å². The normalized spacial score (nSPS) is 10.3. The van der Waals surface area contributed by atoms with Gasteiger partial charge in [0.2, 0.25) is 0 Å². The molecule has 0 aliphatic carbocycles. The van der Waals surface area contributed by atoms with Gasteiger partial charge in [0.15, 0.2) is 0 Å². The summed E-state index contributed by atoms with van der Waals surface area (Å²) in [4.78, 5) is 0. The van der Waals surface area contributed by atoms with Gasteiger partial charge < -0.3 is 4.57 Å². The van der Waals surface area contributed by atoms with E-state index in [0.29, 0.717) is 0 Å². The van der Waals surface area contributed by atoms with Crippen LogP contribution in [0.4, 0.5) is 0 Å². The summed E-state index contributed by atoms with van der Waals surface area (Å²) in [6, 6.07) is 10.3. The molecule has 0 saturated carbocycles. The van der Waals surface area contributed by atoms with Crippen LogP contribution in [0.3, 0.4) is 0 Å². The Bertz CT molecular complexity index is 409. The Balaban J connectivity index is 2.49. The standard InChI is InChI=1S/C10H7BrIN/c11-9-4-3-8(7-10(9)12)13-5-1-2-6-13/h1-7H. The molecule has 0 unspecified atom stereocenters. The molecule has 2 rings (SSSR count). The van der Waals surface area contributed by atoms with Gasteiger partial charge in [-0.25, -0.2) is 0 Å². The number of hydrogen-bond acceptors (Lipinski definition) is 0. The zero-order chi connectivity index (χ0) is 9.26. The largest absolute Gasteiger partial charge is 0.324 e. The van der Waals surface area contributed by atoms with Crippen molar-refractivity contribution < 1.29 is 0 Å². The van der Waals surface area contributed by atoms with Gasteiger partial charge in [-0.3, -0.25) is 0 Å². The average molecular weight is 348 g/mol. The van der Waals surface area contributed by atoms with E-state index in [1.807, 2.05) is 24.5 Å². The Morgan fingerprint density at radius 2 is 1.85 bits per heavy atom. The van der Waals surface area contributed by atoms with Crippen LogP contribution < -0.4 is 0 Å². The lowest BCUT2D eigenvalue weighted by atomic mass is 10.3. The lowest BCUT2D eigenvalue weighted by molar-refractivity contribution is 1.08. The zero-order valence-corrected chi connectivity index (χ0v) is 10.5. The third kappa shape index (κ3) is 1.96. The predicted octanol–water partition coefficient (Wildman–Crippen LogP) is 3.84. The average Bonchev–Trinajstić information content (AvgIpc) is 2.62. The van der Waals surface area contributed by atoms with E-state index in [1.165, 1.54) is 9.26 Å². The summed E-state index contributed by atoms with van der Waals surface area (Å²) in [6.07, 6.45) is 4.08. The van der Waals surface area contributed by atoms with Crippen molar-refractivity contribution in [2.45, 2.75) is 0 Å². The SMILES string of the molecule is Brc1ccc(-n2cccc2)cc1I. The van der Waals surface area contributed by atoms with Crippen LogP contribution in [0.5, 0.6) is 0 Å². The molecule has 1 aromatic carbocycles. The van der Waals surface area contributed by atoms with E-state index in [2.05, 4.69) is 61.3 Å². The van der Waals surface area contributed by atoms with Crippen molar-refractivity contribution in [1.29, 1.82) is 0 Å². The molecule has 0 bridgehead atoms. The van der Waals surface area contributed by atoms with Gasteiger partial charge in [0.05, 0.1) is 0 Å². The molecule has 0 N–H and O–H groups in total. The molecule has 66 valence electrons. The Labute approximate surface area is 99.0 Å². The minimum absolute atomic E-state index is 1.14. The van der Waals surface area contributed by atoms with Crippen LogP contribution in [-0.4, -0.2) is 4.57 Å². The summed E-state index contributed by atoms with van der Waals surface area (Å²) in [5.74, 6) is 0. The van der Waals surface area contributed by atoms with Gasteiger partial charge in [0.1, 0.15) is 0 Å². The molecule has 2 aromatic rings. The first-order chi connectivity index (χ1) is 6.27. The third-order valence-corrected chi connectivity index (χ3v) is 4.13. The highest BCUT2D eigenvalue weighted by molar-refractivity contribution is 14.1. The monoisotopic (exact) mass is 347 g/mol. The Kier molecular flexibility index (Phi) is 2.74. The number of rotatable bonds is 1. The molecule has 1 heterocycles. The Hall–Kier alpha value is -0.290. The van der Waals surface area contributed by atoms with E-state index in [-0.39, 0.29) is 0 Å². The van der Waals surface area contributed by atoms with E-state index in [0.717, 1.165) is 4.47 Å². The maximum Gasteiger partial charge on any atom is 0.0460 e. The topological polar surface area (TPSA) is 4.93 Å². The summed E-state index contributed by atoms with van der Waals surface area (Å²) in [6.45, 7) is 0. The van der Waals surface area contributed by atoms with Crippen molar-refractivity contribution in [1.82, 2.24) is 4.57 Å². The van der Waals surface area contributed by atoms with Crippen molar-refractivity contribution in [3.05, 3.63) is 50.8 Å². The highest BCUT2D eigenvalue weighted by atomic mass is 127. The van der Waals surface area contributed by atoms with Gasteiger partial charge >= 0.3 is 0 Å². The Morgan fingerprint density at radius 3 is 2.46 bits per heavy atom. The summed E-state index contributed by atoms with van der Waals surface area (Å²) >= 11 is 5.79. The molecule has 0 fully saturated rings. The molecule has 0 saturated heterocycles. The molecule has 1 nitrogen and oxygen atoms in total. The molecule has 0 amide bonds. The highest BCUT2D eigenvalue weighted by Crippen LogP contribution is 2.21. The van der Waals surface area contributed by atoms with Crippen molar-refractivity contribution in [3.63, 3.8) is 0 Å². The molecule has 0 aliphatic heterocycles. The molecule has 1 aromatic heterocycles. The number of aromatic nitrogens is 1. The summed E-state index contributed by atoms with van der Waals surface area (Å²) in [5, 5.41) is 0. The van der Waals surface area contributed by atoms with Gasteiger partial charge in [-0.2, -0.15) is 0 Å². The third-order valence-electron chi connectivity index (χ3n) is 1.81. The van der Waals surface area contributed by atoms with E-state index < -0.39 is 0 Å². The van der Waals surface area contributed by atoms with Crippen LogP contribution in [0.25, 0.3) is 5.69 Å². The van der Waals surface area contributed by atoms with E-state index in [1.54, 1.807) is 0 Å². The first-order valence-electron chi connectivity index (χ1n) is 3.86. The zero-order valence-electron chi connectivity index (χ0n) is 6.74. The molecule has 13 heavy (non-hydrogen) atoms. The number of benzene rings is 1. The molecule has 0 atom stereocenters. The van der Waals surface area contributed by atoms with E-state index in [4.69, 9.17) is 0 Å². The van der Waals surface area contributed by atoms with Gasteiger partial charge in [-0.1, -0.05) is 0 Å². The fraction of sp³-hybridized carbons (Fsp3) is 0. The quantitative estimate of drug-likeness (QED) is 0.691. The van der Waals surface area contributed by atoms with Gasteiger partial charge in [0, 0.05) is 26.1 Å². The second-order valence-electron chi connectivity index (χ2n) is 2.69. The first-order valence-corrected chi connectivity index (χ1v) is 5.73. The van der Waals surface area contributed by atoms with Crippen LogP contribution in [0.15, 0.2) is 47.2 Å². The van der Waals surface area contributed by atoms with E-state index in [9.17, 15) is 0 Å². The van der Waals surface area contributed by atoms with Crippen LogP contribution in [0, 0.1) is 3.57 Å². The fourth-order valence-electron chi connectivity index (χ4n) is 1.15. The number of halogens is 2. The second-order valence-corrected chi connectivity index (χ2v) is 4.71. The fourth-order valence-corrected chi connectivity index (χ4v) is 1.90. The predicted molar refractivity (Wildman–Crippen MR) is 66.2 cm³/mol. The number of nitrogens with zero attached hydrogens (tertiary/aromatic N) is 1. The first kappa shape index (κ1) is 9.27. The Morgan fingerprint density at radius 1 is 1.15 bits per heavy atom. The van der Waals surface area contributed by atoms with Crippen LogP contribution >= 0.6 is 38.5 Å². The highest BCUT2D eigenvalue weighted by Gasteiger charge is 1.98. The van der Waals surface area contributed by atoms with Crippen molar-refractivity contribution in [2.75, 3.05) is 0 Å². The van der Waals surface area contributed by atoms with Crippen LogP contribution in [-0.2, 0) is 0 Å². The maximum atomic E-state index is 3.48. The maximum absolute atomic E-state index is 3.48. The molecule has 0 radical (unpaired) electrons. The van der Waals surface area contributed by atoms with Crippen molar-refractivity contribution in [2.24, 2.45) is 0 Å². The lowest BCUT2D eigenvalue weighted by Crippen LogP contribution is -1.89. The minimum Gasteiger partial charge on any atom is -0.324 e. The van der Waals surface area contributed by atoms with Crippen LogP contribution in [0.2, 0.25) is 0 Å². The molecule has 3 heteroatoms. The molecule has 0 aliphatic rings. The lowest BCUT2D eigenvalue weighted by Gasteiger charge is -2.04. The summed E-state index contributed by atoms with van der Waals surface area (Å²) in [5.41, 5.74) is 1.19. The second kappa shape index (κ2) is 3.84. The molecular weight excluding hydrogens is 341 g/mol. The molecular formula is C10H7BrIN. The smallest absolute Gasteiger partial charge is 0.0460 e.